The fourth-order valence-electron chi connectivity index (χ4n) is 2.13. The second-order valence-corrected chi connectivity index (χ2v) is 5.47. The number of imidazole rings is 1. The Hall–Kier alpha value is -0.560. The van der Waals surface area contributed by atoms with E-state index in [-0.39, 0.29) is 11.8 Å². The van der Waals surface area contributed by atoms with Crippen molar-refractivity contribution >= 4 is 40.4 Å². The summed E-state index contributed by atoms with van der Waals surface area (Å²) >= 11 is 18.0. The molecule has 0 radical (unpaired) electrons. The van der Waals surface area contributed by atoms with Crippen LogP contribution in [-0.4, -0.2) is 38.4 Å². The molecule has 1 fully saturated rings. The minimum atomic E-state index is -1.06. The van der Waals surface area contributed by atoms with Crippen molar-refractivity contribution in [3.8, 4) is 0 Å². The Morgan fingerprint density at radius 2 is 2.00 bits per heavy atom. The maximum Gasteiger partial charge on any atom is 0.154 e. The van der Waals surface area contributed by atoms with Crippen molar-refractivity contribution in [2.45, 2.75) is 18.3 Å². The standard InChI is InChI=1S/C11H9Cl3N2O3/c12-4-1-7-15-11(14)8(16(7)2-5(4)13)10-9(18)6(17)3-19-10/h1-2,6,9-10,17-18H,3H2/t6-,9-,10?/m1/s1. The third-order valence-electron chi connectivity index (χ3n) is 3.08. The van der Waals surface area contributed by atoms with E-state index in [0.717, 1.165) is 0 Å². The highest BCUT2D eigenvalue weighted by atomic mass is 35.5. The van der Waals surface area contributed by atoms with Crippen molar-refractivity contribution < 1.29 is 14.9 Å². The van der Waals surface area contributed by atoms with Crippen LogP contribution < -0.4 is 0 Å². The van der Waals surface area contributed by atoms with Crippen molar-refractivity contribution in [1.82, 2.24) is 9.38 Å². The van der Waals surface area contributed by atoms with Crippen LogP contribution in [0.4, 0.5) is 0 Å². The molecule has 2 N–H and O–H groups in total. The Labute approximate surface area is 123 Å². The molecular formula is C11H9Cl3N2O3. The average Bonchev–Trinajstić information content (AvgIpc) is 2.82. The van der Waals surface area contributed by atoms with Gasteiger partial charge in [0.25, 0.3) is 0 Å². The zero-order valence-electron chi connectivity index (χ0n) is 9.42. The number of halogens is 3. The molecule has 0 saturated carbocycles. The number of hydrogen-bond acceptors (Lipinski definition) is 4. The van der Waals surface area contributed by atoms with E-state index >= 15 is 0 Å². The Kier molecular flexibility index (Phi) is 3.37. The Bertz CT molecular complexity index is 646. The Morgan fingerprint density at radius 3 is 2.63 bits per heavy atom. The Morgan fingerprint density at radius 1 is 1.26 bits per heavy atom. The first-order valence-corrected chi connectivity index (χ1v) is 6.62. The molecule has 19 heavy (non-hydrogen) atoms. The quantitative estimate of drug-likeness (QED) is 0.843. The molecule has 0 spiro atoms. The molecule has 1 aliphatic heterocycles. The van der Waals surface area contributed by atoms with Crippen LogP contribution in [0.1, 0.15) is 11.8 Å². The fraction of sp³-hybridized carbons (Fsp3) is 0.364. The van der Waals surface area contributed by atoms with E-state index in [1.165, 1.54) is 0 Å². The van der Waals surface area contributed by atoms with Gasteiger partial charge in [-0.05, 0) is 0 Å². The minimum absolute atomic E-state index is 0.0384. The molecule has 5 nitrogen and oxygen atoms in total. The van der Waals surface area contributed by atoms with Crippen LogP contribution in [0.2, 0.25) is 15.2 Å². The summed E-state index contributed by atoms with van der Waals surface area (Å²) in [4.78, 5) is 4.13. The largest absolute Gasteiger partial charge is 0.388 e. The number of aliphatic hydroxyl groups is 2. The van der Waals surface area contributed by atoms with E-state index in [1.807, 2.05) is 0 Å². The van der Waals surface area contributed by atoms with Gasteiger partial charge >= 0.3 is 0 Å². The summed E-state index contributed by atoms with van der Waals surface area (Å²) in [6, 6.07) is 1.57. The minimum Gasteiger partial charge on any atom is -0.388 e. The van der Waals surface area contributed by atoms with Crippen LogP contribution in [0.25, 0.3) is 5.65 Å². The number of aliphatic hydroxyl groups excluding tert-OH is 2. The summed E-state index contributed by atoms with van der Waals surface area (Å²) < 4.78 is 6.96. The molecule has 1 unspecified atom stereocenters. The summed E-state index contributed by atoms with van der Waals surface area (Å²) in [6.07, 6.45) is -1.22. The topological polar surface area (TPSA) is 67.0 Å². The molecule has 0 aromatic carbocycles. The lowest BCUT2D eigenvalue weighted by Gasteiger charge is -2.15. The molecule has 1 saturated heterocycles. The van der Waals surface area contributed by atoms with Crippen molar-refractivity contribution in [3.63, 3.8) is 0 Å². The molecule has 2 aromatic rings. The van der Waals surface area contributed by atoms with Gasteiger partial charge in [0, 0.05) is 12.3 Å². The number of aromatic nitrogens is 2. The van der Waals surface area contributed by atoms with Gasteiger partial charge in [-0.1, -0.05) is 34.8 Å². The maximum absolute atomic E-state index is 9.90. The number of fused-ring (bicyclic) bond motifs is 1. The number of rotatable bonds is 1. The average molecular weight is 324 g/mol. The van der Waals surface area contributed by atoms with Crippen molar-refractivity contribution in [2.24, 2.45) is 0 Å². The SMILES string of the molecule is O[C@@H]1COC(c2c(Cl)nc3cc(Cl)c(Cl)cn23)[C@@H]1O. The van der Waals surface area contributed by atoms with Crippen molar-refractivity contribution in [3.05, 3.63) is 33.2 Å². The number of hydrogen-bond donors (Lipinski definition) is 2. The molecule has 8 heteroatoms. The second kappa shape index (κ2) is 4.77. The van der Waals surface area contributed by atoms with Gasteiger partial charge in [0.2, 0.25) is 0 Å². The normalized spacial score (nSPS) is 27.3. The highest BCUT2D eigenvalue weighted by Crippen LogP contribution is 2.35. The fourth-order valence-corrected chi connectivity index (χ4v) is 2.71. The summed E-state index contributed by atoms with van der Waals surface area (Å²) in [5, 5.41) is 20.3. The molecule has 3 rings (SSSR count). The van der Waals surface area contributed by atoms with Crippen molar-refractivity contribution in [2.75, 3.05) is 6.61 Å². The van der Waals surface area contributed by atoms with E-state index in [0.29, 0.717) is 21.4 Å². The first-order chi connectivity index (χ1) is 8.99. The second-order valence-electron chi connectivity index (χ2n) is 4.30. The van der Waals surface area contributed by atoms with E-state index < -0.39 is 18.3 Å². The van der Waals surface area contributed by atoms with Crippen molar-refractivity contribution in [1.29, 1.82) is 0 Å². The summed E-state index contributed by atoms with van der Waals surface area (Å²) in [6.45, 7) is 0.0384. The highest BCUT2D eigenvalue weighted by Gasteiger charge is 2.39. The van der Waals surface area contributed by atoms with Gasteiger partial charge in [-0.3, -0.25) is 4.40 Å². The van der Waals surface area contributed by atoms with Gasteiger partial charge in [0.15, 0.2) is 5.15 Å². The Balaban J connectivity index is 2.18. The lowest BCUT2D eigenvalue weighted by molar-refractivity contribution is 0.0202. The third kappa shape index (κ3) is 2.11. The van der Waals surface area contributed by atoms with Crippen LogP contribution in [-0.2, 0) is 4.74 Å². The van der Waals surface area contributed by atoms with Crippen LogP contribution >= 0.6 is 34.8 Å². The molecule has 1 aliphatic rings. The van der Waals surface area contributed by atoms with E-state index in [2.05, 4.69) is 4.98 Å². The van der Waals surface area contributed by atoms with Gasteiger partial charge in [0.1, 0.15) is 24.0 Å². The molecule has 0 amide bonds. The van der Waals surface area contributed by atoms with Crippen LogP contribution in [0.15, 0.2) is 12.3 Å². The molecule has 3 atom stereocenters. The smallest absolute Gasteiger partial charge is 0.154 e. The predicted octanol–water partition coefficient (Wildman–Crippen LogP) is 2.09. The van der Waals surface area contributed by atoms with Gasteiger partial charge in [-0.15, -0.1) is 0 Å². The van der Waals surface area contributed by atoms with Crippen LogP contribution in [0.3, 0.4) is 0 Å². The molecule has 0 bridgehead atoms. The molecule has 2 aromatic heterocycles. The zero-order valence-corrected chi connectivity index (χ0v) is 11.7. The molecule has 0 aliphatic carbocycles. The molecule has 3 heterocycles. The third-order valence-corrected chi connectivity index (χ3v) is 4.07. The molecule has 102 valence electrons. The molecular weight excluding hydrogens is 314 g/mol. The van der Waals surface area contributed by atoms with Crippen LogP contribution in [0.5, 0.6) is 0 Å². The lowest BCUT2D eigenvalue weighted by atomic mass is 10.1. The van der Waals surface area contributed by atoms with E-state index in [4.69, 9.17) is 39.5 Å². The van der Waals surface area contributed by atoms with E-state index in [9.17, 15) is 10.2 Å². The number of ether oxygens (including phenoxy) is 1. The van der Waals surface area contributed by atoms with Gasteiger partial charge in [-0.25, -0.2) is 4.98 Å². The predicted molar refractivity (Wildman–Crippen MR) is 70.9 cm³/mol. The van der Waals surface area contributed by atoms with Gasteiger partial charge < -0.3 is 14.9 Å². The summed E-state index contributed by atoms with van der Waals surface area (Å²) in [5.41, 5.74) is 0.936. The van der Waals surface area contributed by atoms with Crippen LogP contribution in [0, 0.1) is 0 Å². The highest BCUT2D eigenvalue weighted by molar-refractivity contribution is 6.42. The summed E-state index contributed by atoms with van der Waals surface area (Å²) in [7, 11) is 0. The monoisotopic (exact) mass is 322 g/mol. The first kappa shape index (κ1) is 13.4. The zero-order chi connectivity index (χ0) is 13.7. The van der Waals surface area contributed by atoms with E-state index in [1.54, 1.807) is 16.7 Å². The first-order valence-electron chi connectivity index (χ1n) is 5.49. The summed E-state index contributed by atoms with van der Waals surface area (Å²) in [5.74, 6) is 0. The number of nitrogens with zero attached hydrogens (tertiary/aromatic N) is 2. The van der Waals surface area contributed by atoms with Gasteiger partial charge in [0.05, 0.1) is 22.3 Å². The maximum atomic E-state index is 9.90. The lowest BCUT2D eigenvalue weighted by Crippen LogP contribution is -2.25. The number of pyridine rings is 1. The van der Waals surface area contributed by atoms with Gasteiger partial charge in [-0.2, -0.15) is 0 Å².